The molecule has 3 aromatic carbocycles. The molecule has 0 bridgehead atoms. The predicted octanol–water partition coefficient (Wildman–Crippen LogP) is 6.98. The van der Waals surface area contributed by atoms with E-state index in [4.69, 9.17) is 0 Å². The van der Waals surface area contributed by atoms with Crippen LogP contribution in [-0.4, -0.2) is 30.7 Å². The molecule has 1 aliphatic rings. The normalized spacial score (nSPS) is 18.7. The lowest BCUT2D eigenvalue weighted by molar-refractivity contribution is 0.0697. The number of nitrogens with zero attached hydrogens (tertiary/aromatic N) is 1. The van der Waals surface area contributed by atoms with E-state index in [1.54, 1.807) is 12.1 Å². The number of carboxylic acids is 1. The van der Waals surface area contributed by atoms with E-state index >= 15 is 0 Å². The van der Waals surface area contributed by atoms with Crippen LogP contribution in [0.15, 0.2) is 84.2 Å². The Labute approximate surface area is 217 Å². The molecule has 1 aliphatic heterocycles. The summed E-state index contributed by atoms with van der Waals surface area (Å²) in [6.07, 6.45) is 1.09. The highest BCUT2D eigenvalue weighted by atomic mass is 35.5. The van der Waals surface area contributed by atoms with Crippen molar-refractivity contribution >= 4 is 45.5 Å². The molecule has 1 saturated heterocycles. The number of carbonyl (C=O) groups is 1. The summed E-state index contributed by atoms with van der Waals surface area (Å²) in [7, 11) is 0. The van der Waals surface area contributed by atoms with Crippen molar-refractivity contribution in [2.24, 2.45) is 5.92 Å². The highest BCUT2D eigenvalue weighted by molar-refractivity contribution is 7.17. The van der Waals surface area contributed by atoms with Crippen LogP contribution in [0.25, 0.3) is 10.1 Å². The first kappa shape index (κ1) is 25.2. The smallest absolute Gasteiger partial charge is 0.335 e. The molecular formula is C29H31ClN2O2S. The molecule has 2 N–H and O–H groups in total. The zero-order valence-corrected chi connectivity index (χ0v) is 21.4. The Morgan fingerprint density at radius 1 is 1.06 bits per heavy atom. The summed E-state index contributed by atoms with van der Waals surface area (Å²) in [5.74, 6) is 0.0586. The molecule has 2 unspecified atom stereocenters. The van der Waals surface area contributed by atoms with Crippen LogP contribution in [0.5, 0.6) is 0 Å². The van der Waals surface area contributed by atoms with Gasteiger partial charge in [0.25, 0.3) is 0 Å². The van der Waals surface area contributed by atoms with Crippen LogP contribution < -0.4 is 10.2 Å². The molecule has 1 aromatic heterocycles. The average molecular weight is 507 g/mol. The van der Waals surface area contributed by atoms with E-state index in [2.05, 4.69) is 77.1 Å². The fourth-order valence-corrected chi connectivity index (χ4v) is 6.20. The number of thiophene rings is 1. The van der Waals surface area contributed by atoms with Gasteiger partial charge in [-0.05, 0) is 78.0 Å². The fraction of sp³-hybridized carbons (Fsp3) is 0.276. The van der Waals surface area contributed by atoms with Crippen molar-refractivity contribution in [3.8, 4) is 0 Å². The third-order valence-electron chi connectivity index (χ3n) is 7.13. The van der Waals surface area contributed by atoms with Gasteiger partial charge in [0, 0.05) is 35.4 Å². The Morgan fingerprint density at radius 3 is 2.51 bits per heavy atom. The van der Waals surface area contributed by atoms with Crippen molar-refractivity contribution in [2.75, 3.05) is 24.5 Å². The maximum absolute atomic E-state index is 11.2. The lowest BCUT2D eigenvalue weighted by Crippen LogP contribution is -2.43. The van der Waals surface area contributed by atoms with Crippen molar-refractivity contribution < 1.29 is 9.90 Å². The maximum atomic E-state index is 11.2. The summed E-state index contributed by atoms with van der Waals surface area (Å²) in [5.41, 5.74) is 4.18. The SMILES string of the molecule is C[C@@H](NCC1CCN(c2ccc(C(=O)O)cc2)CC1c1ccccc1)c1csc2ccccc12.Cl. The molecule has 0 spiro atoms. The Morgan fingerprint density at radius 2 is 1.77 bits per heavy atom. The quantitative estimate of drug-likeness (QED) is 0.284. The summed E-state index contributed by atoms with van der Waals surface area (Å²) in [5, 5.41) is 16.7. The fourth-order valence-electron chi connectivity index (χ4n) is 5.14. The molecule has 0 aliphatic carbocycles. The summed E-state index contributed by atoms with van der Waals surface area (Å²) in [4.78, 5) is 13.6. The van der Waals surface area contributed by atoms with Gasteiger partial charge >= 0.3 is 5.97 Å². The zero-order valence-electron chi connectivity index (χ0n) is 19.8. The van der Waals surface area contributed by atoms with E-state index in [1.807, 2.05) is 23.5 Å². The lowest BCUT2D eigenvalue weighted by atomic mass is 9.80. The zero-order chi connectivity index (χ0) is 23.5. The van der Waals surface area contributed by atoms with Crippen molar-refractivity contribution in [1.82, 2.24) is 5.32 Å². The van der Waals surface area contributed by atoms with Crippen LogP contribution in [-0.2, 0) is 0 Å². The number of hydrogen-bond acceptors (Lipinski definition) is 4. The van der Waals surface area contributed by atoms with Gasteiger partial charge in [-0.3, -0.25) is 0 Å². The monoisotopic (exact) mass is 506 g/mol. The molecule has 0 saturated carbocycles. The second-order valence-corrected chi connectivity index (χ2v) is 10.1. The van der Waals surface area contributed by atoms with E-state index in [-0.39, 0.29) is 12.4 Å². The van der Waals surface area contributed by atoms with Gasteiger partial charge in [0.1, 0.15) is 0 Å². The third kappa shape index (κ3) is 5.53. The van der Waals surface area contributed by atoms with Crippen molar-refractivity contribution in [3.05, 3.63) is 101 Å². The predicted molar refractivity (Wildman–Crippen MR) is 148 cm³/mol. The van der Waals surface area contributed by atoms with Gasteiger partial charge in [-0.2, -0.15) is 0 Å². The first-order valence-electron chi connectivity index (χ1n) is 11.9. The van der Waals surface area contributed by atoms with Gasteiger partial charge in [0.05, 0.1) is 5.56 Å². The summed E-state index contributed by atoms with van der Waals surface area (Å²) in [6.45, 7) is 5.14. The number of piperidine rings is 1. The topological polar surface area (TPSA) is 52.6 Å². The molecule has 2 heterocycles. The van der Waals surface area contributed by atoms with Gasteiger partial charge in [-0.15, -0.1) is 23.7 Å². The highest BCUT2D eigenvalue weighted by Gasteiger charge is 2.31. The van der Waals surface area contributed by atoms with Crippen LogP contribution >= 0.6 is 23.7 Å². The number of nitrogens with one attached hydrogen (secondary N) is 1. The summed E-state index contributed by atoms with van der Waals surface area (Å²) in [6, 6.07) is 27.0. The van der Waals surface area contributed by atoms with Crippen LogP contribution in [0.2, 0.25) is 0 Å². The first-order chi connectivity index (χ1) is 16.6. The third-order valence-corrected chi connectivity index (χ3v) is 8.11. The molecule has 182 valence electrons. The molecule has 4 aromatic rings. The first-order valence-corrected chi connectivity index (χ1v) is 12.8. The molecule has 0 radical (unpaired) electrons. The summed E-state index contributed by atoms with van der Waals surface area (Å²) >= 11 is 1.82. The van der Waals surface area contributed by atoms with Gasteiger partial charge in [0.15, 0.2) is 0 Å². The molecule has 3 atom stereocenters. The second kappa shape index (κ2) is 11.3. The number of rotatable bonds is 7. The van der Waals surface area contributed by atoms with Gasteiger partial charge in [0.2, 0.25) is 0 Å². The van der Waals surface area contributed by atoms with E-state index in [0.29, 0.717) is 23.4 Å². The van der Waals surface area contributed by atoms with Gasteiger partial charge in [-0.25, -0.2) is 4.79 Å². The molecule has 1 fully saturated rings. The number of hydrogen-bond donors (Lipinski definition) is 2. The Bertz CT molecular complexity index is 1260. The molecule has 0 amide bonds. The van der Waals surface area contributed by atoms with Crippen molar-refractivity contribution in [3.63, 3.8) is 0 Å². The summed E-state index contributed by atoms with van der Waals surface area (Å²) < 4.78 is 1.34. The highest BCUT2D eigenvalue weighted by Crippen LogP contribution is 2.36. The van der Waals surface area contributed by atoms with E-state index in [9.17, 15) is 9.90 Å². The standard InChI is InChI=1S/C29H30N2O2S.ClH/c1-20(27-19-34-28-10-6-5-9-25(27)28)30-17-23-15-16-31(18-26(23)21-7-3-2-4-8-21)24-13-11-22(12-14-24)29(32)33;/h2-14,19-20,23,26,30H,15-18H2,1H3,(H,32,33);1H/t20-,23?,26?;/m1./s1. The van der Waals surface area contributed by atoms with E-state index < -0.39 is 5.97 Å². The van der Waals surface area contributed by atoms with Gasteiger partial charge in [-0.1, -0.05) is 48.5 Å². The number of aromatic carboxylic acids is 1. The molecule has 5 rings (SSSR count). The van der Waals surface area contributed by atoms with Crippen molar-refractivity contribution in [1.29, 1.82) is 0 Å². The maximum Gasteiger partial charge on any atom is 0.335 e. The minimum Gasteiger partial charge on any atom is -0.478 e. The number of halogens is 1. The van der Waals surface area contributed by atoms with Crippen LogP contribution in [0.4, 0.5) is 5.69 Å². The Balaban J connectivity index is 0.00000289. The van der Waals surface area contributed by atoms with Crippen LogP contribution in [0.3, 0.4) is 0 Å². The Kier molecular flexibility index (Phi) is 8.11. The van der Waals surface area contributed by atoms with Crippen LogP contribution in [0, 0.1) is 5.92 Å². The average Bonchev–Trinajstić information content (AvgIpc) is 3.32. The van der Waals surface area contributed by atoms with Crippen LogP contribution in [0.1, 0.15) is 46.8 Å². The molecule has 35 heavy (non-hydrogen) atoms. The number of fused-ring (bicyclic) bond motifs is 1. The molecular weight excluding hydrogens is 476 g/mol. The second-order valence-electron chi connectivity index (χ2n) is 9.18. The minimum absolute atomic E-state index is 0. The van der Waals surface area contributed by atoms with E-state index in [1.165, 1.54) is 21.2 Å². The number of benzene rings is 3. The minimum atomic E-state index is -0.883. The molecule has 4 nitrogen and oxygen atoms in total. The number of carboxylic acid groups (broad SMARTS) is 1. The number of anilines is 1. The van der Waals surface area contributed by atoms with Crippen molar-refractivity contribution in [2.45, 2.75) is 25.3 Å². The van der Waals surface area contributed by atoms with Gasteiger partial charge < -0.3 is 15.3 Å². The largest absolute Gasteiger partial charge is 0.478 e. The lowest BCUT2D eigenvalue weighted by Gasteiger charge is -2.40. The molecule has 6 heteroatoms. The Hall–Kier alpha value is -2.86. The van der Waals surface area contributed by atoms with E-state index in [0.717, 1.165) is 31.7 Å².